The molecule has 10 heteroatoms. The zero-order valence-electron chi connectivity index (χ0n) is 39.9. The molecule has 64 heavy (non-hydrogen) atoms. The molecule has 3 aliphatic rings. The van der Waals surface area contributed by atoms with E-state index in [-0.39, 0.29) is 12.1 Å². The largest absolute Gasteiger partial charge is 0.492 e. The number of benzene rings is 3. The minimum atomic E-state index is -1.64. The molecule has 0 aromatic heterocycles. The molecule has 0 bridgehead atoms. The summed E-state index contributed by atoms with van der Waals surface area (Å²) in [5.74, 6) is 26.2. The molecule has 348 valence electrons. The van der Waals surface area contributed by atoms with E-state index in [1.807, 2.05) is 40.8 Å². The molecule has 0 amide bonds. The minimum Gasteiger partial charge on any atom is -0.492 e. The summed E-state index contributed by atoms with van der Waals surface area (Å²) in [4.78, 5) is 3.56. The van der Waals surface area contributed by atoms with Gasteiger partial charge in [0.1, 0.15) is 18.0 Å². The highest BCUT2D eigenvalue weighted by atomic mass is 32.2. The van der Waals surface area contributed by atoms with Crippen LogP contribution in [-0.4, -0.2) is 80.5 Å². The lowest BCUT2D eigenvalue weighted by Crippen LogP contribution is -2.64. The van der Waals surface area contributed by atoms with Crippen LogP contribution in [-0.2, 0) is 23.5 Å². The molecule has 3 atom stereocenters. The van der Waals surface area contributed by atoms with Crippen molar-refractivity contribution in [3.05, 3.63) is 161 Å². The number of fused-ring (bicyclic) bond motifs is 1. The Morgan fingerprint density at radius 2 is 1.52 bits per heavy atom. The van der Waals surface area contributed by atoms with Gasteiger partial charge in [0.15, 0.2) is 0 Å². The topological polar surface area (TPSA) is 95.0 Å². The minimum absolute atomic E-state index is 0.0421. The highest BCUT2D eigenvalue weighted by Gasteiger charge is 2.49. The smallest absolute Gasteiger partial charge is 0.113 e. The van der Waals surface area contributed by atoms with Crippen LogP contribution in [0, 0.1) is 20.8 Å². The van der Waals surface area contributed by atoms with Crippen molar-refractivity contribution in [2.24, 2.45) is 11.6 Å². The number of hydrogen-bond donors (Lipinski definition) is 4. The molecule has 1 saturated carbocycles. The number of rotatable bonds is 18. The Balaban J connectivity index is 0.000000294. The Hall–Kier alpha value is -4.42. The Labute approximate surface area is 389 Å². The molecule has 3 aromatic carbocycles. The molecule has 3 aromatic rings. The molecule has 3 unspecified atom stereocenters. The SMILES string of the molecule is C=C(CNC(=C)C(=C)C(C)NC(=C)C1CCC2(N)CN(S(=C)(=C)Cc3ccccc3)CC(=C)N12)OCc1ccccc1.C=S(=C)(c1c(C)cc(CC)c(C)c1C)N(N)C1CCCCC1. The summed E-state index contributed by atoms with van der Waals surface area (Å²) in [7, 11) is -3.21. The number of hydrazine groups is 1. The Morgan fingerprint density at radius 3 is 2.12 bits per heavy atom. The lowest BCUT2D eigenvalue weighted by molar-refractivity contribution is 0.0948. The van der Waals surface area contributed by atoms with Gasteiger partial charge in [-0.05, 0) is 98.8 Å². The average Bonchev–Trinajstić information content (AvgIpc) is 3.64. The van der Waals surface area contributed by atoms with Crippen molar-refractivity contribution in [2.45, 2.75) is 127 Å². The zero-order valence-corrected chi connectivity index (χ0v) is 41.5. The van der Waals surface area contributed by atoms with E-state index in [9.17, 15) is 0 Å². The summed E-state index contributed by atoms with van der Waals surface area (Å²) in [6, 6.07) is 23.2. The molecule has 0 spiro atoms. The number of nitrogens with two attached hydrogens (primary N) is 2. The molecule has 2 heterocycles. The third-order valence-corrected chi connectivity index (χ3v) is 18.1. The summed E-state index contributed by atoms with van der Waals surface area (Å²) in [6.45, 7) is 34.6. The second-order valence-electron chi connectivity index (χ2n) is 18.4. The van der Waals surface area contributed by atoms with Gasteiger partial charge >= 0.3 is 0 Å². The number of nitrogens with zero attached hydrogens (tertiary/aromatic N) is 3. The zero-order chi connectivity index (χ0) is 47.0. The molecule has 2 aliphatic heterocycles. The number of ether oxygens (including phenoxy) is 1. The molecule has 3 fully saturated rings. The van der Waals surface area contributed by atoms with Gasteiger partial charge in [0, 0.05) is 52.9 Å². The van der Waals surface area contributed by atoms with E-state index in [4.69, 9.17) is 16.3 Å². The van der Waals surface area contributed by atoms with Crippen LogP contribution < -0.4 is 22.2 Å². The molecule has 2 saturated heterocycles. The van der Waals surface area contributed by atoms with Gasteiger partial charge in [0.2, 0.25) is 0 Å². The van der Waals surface area contributed by atoms with Crippen molar-refractivity contribution in [2.75, 3.05) is 19.6 Å². The first-order valence-corrected chi connectivity index (χ1v) is 26.8. The van der Waals surface area contributed by atoms with E-state index >= 15 is 0 Å². The Kier molecular flexibility index (Phi) is 17.2. The maximum Gasteiger partial charge on any atom is 0.113 e. The molecular weight excluding hydrogens is 827 g/mol. The van der Waals surface area contributed by atoms with Gasteiger partial charge in [-0.1, -0.05) is 149 Å². The summed E-state index contributed by atoms with van der Waals surface area (Å²) < 4.78 is 10.2. The van der Waals surface area contributed by atoms with Crippen molar-refractivity contribution in [3.8, 4) is 0 Å². The normalized spacial score (nSPS) is 19.8. The van der Waals surface area contributed by atoms with Gasteiger partial charge in [-0.3, -0.25) is 10.1 Å². The fraction of sp³-hybridized carbons (Fsp3) is 0.407. The first kappa shape index (κ1) is 50.6. The molecular formula is C54H79N7OS2. The Bertz CT molecular complexity index is 2380. The van der Waals surface area contributed by atoms with E-state index in [2.05, 4.69) is 141 Å². The van der Waals surface area contributed by atoms with Crippen molar-refractivity contribution < 1.29 is 4.74 Å². The number of aryl methyl sites for hydroxylation is 2. The van der Waals surface area contributed by atoms with E-state index in [1.165, 1.54) is 64.8 Å². The highest BCUT2D eigenvalue weighted by Crippen LogP contribution is 2.45. The quantitative estimate of drug-likeness (QED) is 0.0330. The summed E-state index contributed by atoms with van der Waals surface area (Å²) >= 11 is 0. The van der Waals surface area contributed by atoms with Crippen LogP contribution in [0.25, 0.3) is 0 Å². The standard InChI is InChI=1S/C35H47N5OS.C19H32N2S/c1-26-22-39(42(7,8)24-33-17-13-10-14-18-33)25-35(36)20-19-34(40(26)35)31(6)38-30(5)28(3)29(4)37-21-27(2)41-23-32-15-11-9-12-16-32;1-7-17-13-14(2)19(16(4)15(17)3)22(5,6)21(20)18-11-9-8-10-12-18/h9-18,30,34,37-38H,1-4,6-8,19-25,36H2,5H3;13,18H,5-12,20H2,1-4H3. The lowest BCUT2D eigenvalue weighted by Gasteiger charge is -2.51. The molecule has 8 nitrogen and oxygen atoms in total. The fourth-order valence-corrected chi connectivity index (χ4v) is 13.8. The van der Waals surface area contributed by atoms with Crippen LogP contribution >= 0.6 is 18.8 Å². The number of hydrogen-bond acceptors (Lipinski definition) is 8. The second kappa shape index (κ2) is 21.7. The van der Waals surface area contributed by atoms with Crippen molar-refractivity contribution in [3.63, 3.8) is 0 Å². The summed E-state index contributed by atoms with van der Waals surface area (Å²) in [5, 5.41) is 6.85. The second-order valence-corrected chi connectivity index (χ2v) is 23.7. The molecule has 0 radical (unpaired) electrons. The van der Waals surface area contributed by atoms with Crippen LogP contribution in [0.15, 0.2) is 133 Å². The first-order valence-electron chi connectivity index (χ1n) is 22.8. The van der Waals surface area contributed by atoms with E-state index in [0.717, 1.165) is 53.2 Å². The van der Waals surface area contributed by atoms with Crippen molar-refractivity contribution in [1.29, 1.82) is 0 Å². The van der Waals surface area contributed by atoms with Crippen LogP contribution in [0.4, 0.5) is 0 Å². The van der Waals surface area contributed by atoms with Gasteiger partial charge in [0.25, 0.3) is 0 Å². The Morgan fingerprint density at radius 1 is 0.906 bits per heavy atom. The van der Waals surface area contributed by atoms with E-state index < -0.39 is 24.4 Å². The van der Waals surface area contributed by atoms with Crippen molar-refractivity contribution in [1.82, 2.24) is 24.3 Å². The van der Waals surface area contributed by atoms with Gasteiger partial charge < -0.3 is 26.0 Å². The predicted octanol–water partition coefficient (Wildman–Crippen LogP) is 10.2. The number of nitrogens with one attached hydrogen (secondary N) is 2. The van der Waals surface area contributed by atoms with Gasteiger partial charge in [-0.15, -0.1) is 9.39 Å². The summed E-state index contributed by atoms with van der Waals surface area (Å²) in [6.07, 6.45) is 9.05. The van der Waals surface area contributed by atoms with Gasteiger partial charge in [-0.2, -0.15) is 13.8 Å². The highest BCUT2D eigenvalue weighted by molar-refractivity contribution is 8.26. The van der Waals surface area contributed by atoms with E-state index in [1.54, 1.807) is 0 Å². The predicted molar refractivity (Wildman–Crippen MR) is 286 cm³/mol. The van der Waals surface area contributed by atoms with Crippen LogP contribution in [0.3, 0.4) is 0 Å². The first-order chi connectivity index (χ1) is 30.2. The molecule has 6 rings (SSSR count). The van der Waals surface area contributed by atoms with Crippen LogP contribution in [0.2, 0.25) is 0 Å². The third-order valence-electron chi connectivity index (χ3n) is 13.3. The average molecular weight is 906 g/mol. The maximum atomic E-state index is 7.08. The summed E-state index contributed by atoms with van der Waals surface area (Å²) in [5.41, 5.74) is 17.8. The third kappa shape index (κ3) is 12.1. The van der Waals surface area contributed by atoms with E-state index in [0.29, 0.717) is 38.0 Å². The lowest BCUT2D eigenvalue weighted by atomic mass is 9.96. The van der Waals surface area contributed by atoms with Gasteiger partial charge in [-0.25, -0.2) is 0 Å². The maximum absolute atomic E-state index is 7.08. The molecule has 6 N–H and O–H groups in total. The number of piperazine rings is 1. The van der Waals surface area contributed by atoms with Gasteiger partial charge in [0.05, 0.1) is 12.6 Å². The fourth-order valence-electron chi connectivity index (χ4n) is 9.53. The van der Waals surface area contributed by atoms with Crippen LogP contribution in [0.1, 0.15) is 92.2 Å². The monoisotopic (exact) mass is 906 g/mol. The van der Waals surface area contributed by atoms with Crippen molar-refractivity contribution >= 4 is 42.3 Å². The van der Waals surface area contributed by atoms with Crippen LogP contribution in [0.5, 0.6) is 0 Å². The molecule has 1 aliphatic carbocycles.